The lowest BCUT2D eigenvalue weighted by Crippen LogP contribution is -2.28. The average molecular weight is 738 g/mol. The summed E-state index contributed by atoms with van der Waals surface area (Å²) in [6.07, 6.45) is 46.7. The Bertz CT molecular complexity index is 963. The normalized spacial score (nSPS) is 14.2. The van der Waals surface area contributed by atoms with Crippen LogP contribution in [0.3, 0.4) is 0 Å². The van der Waals surface area contributed by atoms with Gasteiger partial charge in [-0.15, -0.1) is 0 Å². The van der Waals surface area contributed by atoms with Gasteiger partial charge in [0.15, 0.2) is 0 Å². The number of carbonyl (C=O) groups excluding carboxylic acids is 1. The van der Waals surface area contributed by atoms with Gasteiger partial charge in [-0.1, -0.05) is 158 Å². The monoisotopic (exact) mass is 738 g/mol. The van der Waals surface area contributed by atoms with Crippen molar-refractivity contribution in [3.05, 3.63) is 60.8 Å². The van der Waals surface area contributed by atoms with Crippen molar-refractivity contribution in [1.82, 2.24) is 0 Å². The second-order valence-electron chi connectivity index (χ2n) is 13.1. The van der Waals surface area contributed by atoms with Crippen LogP contribution in [0.2, 0.25) is 0 Å². The fourth-order valence-corrected chi connectivity index (χ4v) is 6.02. The second kappa shape index (κ2) is 39.4. The molecule has 8 nitrogen and oxygen atoms in total. The molecule has 0 saturated heterocycles. The molecule has 0 aromatic heterocycles. The lowest BCUT2D eigenvalue weighted by Gasteiger charge is -2.20. The quantitative estimate of drug-likeness (QED) is 0.0278. The summed E-state index contributed by atoms with van der Waals surface area (Å²) >= 11 is 0. The molecule has 0 heterocycles. The van der Waals surface area contributed by atoms with E-state index < -0.39 is 13.9 Å². The Morgan fingerprint density at radius 3 is 1.65 bits per heavy atom. The molecule has 3 N–H and O–H groups in total. The minimum Gasteiger partial charge on any atom is -0.457 e. The van der Waals surface area contributed by atoms with Gasteiger partial charge < -0.3 is 20.1 Å². The summed E-state index contributed by atoms with van der Waals surface area (Å²) in [6.45, 7) is 4.77. The first-order valence-electron chi connectivity index (χ1n) is 20.3. The van der Waals surface area contributed by atoms with Crippen molar-refractivity contribution in [3.63, 3.8) is 0 Å². The van der Waals surface area contributed by atoms with Crippen LogP contribution >= 0.6 is 7.82 Å². The van der Waals surface area contributed by atoms with Crippen molar-refractivity contribution >= 4 is 13.8 Å². The highest BCUT2D eigenvalue weighted by molar-refractivity contribution is 7.47. The van der Waals surface area contributed by atoms with E-state index in [9.17, 15) is 14.3 Å². The molecule has 0 aliphatic rings. The summed E-state index contributed by atoms with van der Waals surface area (Å²) in [5, 5.41) is 0. The Morgan fingerprint density at radius 2 is 1.10 bits per heavy atom. The van der Waals surface area contributed by atoms with Crippen LogP contribution in [0.15, 0.2) is 60.8 Å². The molecule has 0 spiro atoms. The molecule has 0 rings (SSSR count). The Morgan fingerprint density at radius 1 is 0.608 bits per heavy atom. The fourth-order valence-electron chi connectivity index (χ4n) is 5.26. The minimum atomic E-state index is -4.27. The summed E-state index contributed by atoms with van der Waals surface area (Å²) in [4.78, 5) is 22.4. The van der Waals surface area contributed by atoms with Crippen LogP contribution in [-0.2, 0) is 27.9 Å². The molecule has 0 aromatic carbocycles. The number of hydrogen-bond donors (Lipinski definition) is 2. The Hall–Kier alpha value is -1.80. The predicted molar refractivity (Wildman–Crippen MR) is 215 cm³/mol. The first-order valence-corrected chi connectivity index (χ1v) is 21.8. The van der Waals surface area contributed by atoms with E-state index in [0.717, 1.165) is 70.6 Å². The number of esters is 1. The van der Waals surface area contributed by atoms with Crippen molar-refractivity contribution < 1.29 is 32.8 Å². The maximum Gasteiger partial charge on any atom is 0.472 e. The largest absolute Gasteiger partial charge is 0.472 e. The van der Waals surface area contributed by atoms with Crippen molar-refractivity contribution in [3.8, 4) is 0 Å². The summed E-state index contributed by atoms with van der Waals surface area (Å²) < 4.78 is 33.3. The van der Waals surface area contributed by atoms with Crippen LogP contribution < -0.4 is 5.73 Å². The number of phosphoric ester groups is 1. The molecule has 0 radical (unpaired) electrons. The zero-order valence-corrected chi connectivity index (χ0v) is 33.5. The molecular formula is C42H76NO7P. The van der Waals surface area contributed by atoms with Gasteiger partial charge in [-0.25, -0.2) is 4.57 Å². The smallest absolute Gasteiger partial charge is 0.457 e. The number of unbranched alkanes of at least 4 members (excludes halogenated alkanes) is 15. The molecule has 2 unspecified atom stereocenters. The lowest BCUT2D eigenvalue weighted by atomic mass is 10.1. The molecule has 0 aliphatic carbocycles. The van der Waals surface area contributed by atoms with Gasteiger partial charge in [0.1, 0.15) is 6.10 Å². The average Bonchev–Trinajstić information content (AvgIpc) is 3.12. The maximum atomic E-state index is 12.5. The molecule has 296 valence electrons. The highest BCUT2D eigenvalue weighted by Gasteiger charge is 2.25. The van der Waals surface area contributed by atoms with Crippen LogP contribution in [0.1, 0.15) is 162 Å². The minimum absolute atomic E-state index is 0.0965. The SMILES string of the molecule is CC/C=C\C/C=C\C/C=C\C/C=C\C/C=C\CCCCCCCCCC(=O)OC(COCCCCCCCCCCC)COP(=O)(O)OCCN. The topological polar surface area (TPSA) is 117 Å². The van der Waals surface area contributed by atoms with E-state index in [1.165, 1.54) is 70.6 Å². The van der Waals surface area contributed by atoms with Crippen molar-refractivity contribution in [2.24, 2.45) is 5.73 Å². The van der Waals surface area contributed by atoms with Gasteiger partial charge in [0.05, 0.1) is 19.8 Å². The number of hydrogen-bond acceptors (Lipinski definition) is 7. The van der Waals surface area contributed by atoms with Crippen molar-refractivity contribution in [1.29, 1.82) is 0 Å². The molecule has 0 amide bonds. The number of carbonyl (C=O) groups is 1. The highest BCUT2D eigenvalue weighted by Crippen LogP contribution is 2.43. The third-order valence-corrected chi connectivity index (χ3v) is 9.18. The molecule has 0 aliphatic heterocycles. The standard InChI is InChI=1S/C42H76NO7P/c1-3-5-7-9-11-13-14-15-16-17-18-19-20-21-22-23-24-25-26-27-29-31-33-35-42(44)50-41(40-49-51(45,46)48-38-36-43)39-47-37-34-32-30-28-12-10-8-6-4-2/h5,7,11,13,15-16,18-19,21-22,41H,3-4,6,8-10,12,14,17,20,23-40,43H2,1-2H3,(H,45,46)/b7-5-,13-11-,16-15-,19-18-,22-21-. The van der Waals surface area contributed by atoms with E-state index in [2.05, 4.69) is 74.6 Å². The van der Waals surface area contributed by atoms with E-state index in [4.69, 9.17) is 24.3 Å². The molecule has 0 fully saturated rings. The van der Waals surface area contributed by atoms with Crippen LogP contribution in [0, 0.1) is 0 Å². The van der Waals surface area contributed by atoms with E-state index in [1.807, 2.05) is 0 Å². The third kappa shape index (κ3) is 39.2. The van der Waals surface area contributed by atoms with Gasteiger partial charge in [0, 0.05) is 19.6 Å². The van der Waals surface area contributed by atoms with E-state index in [1.54, 1.807) is 0 Å². The maximum absolute atomic E-state index is 12.5. The van der Waals surface area contributed by atoms with Crippen LogP contribution in [0.5, 0.6) is 0 Å². The molecular weight excluding hydrogens is 661 g/mol. The molecule has 0 bridgehead atoms. The lowest BCUT2D eigenvalue weighted by molar-refractivity contribution is -0.154. The van der Waals surface area contributed by atoms with E-state index in [-0.39, 0.29) is 32.3 Å². The summed E-state index contributed by atoms with van der Waals surface area (Å²) in [7, 11) is -4.27. The molecule has 9 heteroatoms. The van der Waals surface area contributed by atoms with Gasteiger partial charge >= 0.3 is 13.8 Å². The number of phosphoric acid groups is 1. The zero-order valence-electron chi connectivity index (χ0n) is 32.6. The second-order valence-corrected chi connectivity index (χ2v) is 14.6. The third-order valence-electron chi connectivity index (χ3n) is 8.20. The predicted octanol–water partition coefficient (Wildman–Crippen LogP) is 11.8. The van der Waals surface area contributed by atoms with Crippen molar-refractivity contribution in [2.75, 3.05) is 33.0 Å². The van der Waals surface area contributed by atoms with Gasteiger partial charge in [-0.05, 0) is 57.8 Å². The van der Waals surface area contributed by atoms with Gasteiger partial charge in [0.25, 0.3) is 0 Å². The first-order chi connectivity index (χ1) is 24.9. The Kier molecular flexibility index (Phi) is 38.0. The summed E-state index contributed by atoms with van der Waals surface area (Å²) in [6, 6.07) is 0. The number of ether oxygens (including phenoxy) is 2. The molecule has 0 aromatic rings. The number of allylic oxidation sites excluding steroid dienone is 10. The highest BCUT2D eigenvalue weighted by atomic mass is 31.2. The Balaban J connectivity index is 4.02. The van der Waals surface area contributed by atoms with E-state index in [0.29, 0.717) is 13.0 Å². The van der Waals surface area contributed by atoms with Gasteiger partial charge in [-0.2, -0.15) is 0 Å². The van der Waals surface area contributed by atoms with E-state index >= 15 is 0 Å². The Labute approximate surface area is 313 Å². The molecule has 2 atom stereocenters. The van der Waals surface area contributed by atoms with Crippen LogP contribution in [0.4, 0.5) is 0 Å². The van der Waals surface area contributed by atoms with Crippen LogP contribution in [0.25, 0.3) is 0 Å². The number of rotatable bonds is 38. The fraction of sp³-hybridized carbons (Fsp3) is 0.738. The molecule has 0 saturated carbocycles. The van der Waals surface area contributed by atoms with Gasteiger partial charge in [-0.3, -0.25) is 13.8 Å². The summed E-state index contributed by atoms with van der Waals surface area (Å²) in [5.74, 6) is -0.344. The first kappa shape index (κ1) is 49.2. The summed E-state index contributed by atoms with van der Waals surface area (Å²) in [5.41, 5.74) is 5.35. The zero-order chi connectivity index (χ0) is 37.4. The van der Waals surface area contributed by atoms with Gasteiger partial charge in [0.2, 0.25) is 0 Å². The number of nitrogens with two attached hydrogens (primary N) is 1. The molecule has 51 heavy (non-hydrogen) atoms. The van der Waals surface area contributed by atoms with Crippen molar-refractivity contribution in [2.45, 2.75) is 168 Å². The van der Waals surface area contributed by atoms with Crippen LogP contribution in [-0.4, -0.2) is 49.9 Å².